The molecule has 0 spiro atoms. The van der Waals surface area contributed by atoms with Crippen LogP contribution in [0.25, 0.3) is 10.8 Å². The van der Waals surface area contributed by atoms with Crippen LogP contribution < -0.4 is 10.1 Å². The summed E-state index contributed by atoms with van der Waals surface area (Å²) in [6, 6.07) is 20.1. The first-order valence-electron chi connectivity index (χ1n) is 11.5. The number of amides is 2. The Morgan fingerprint density at radius 3 is 2.26 bits per heavy atom. The molecule has 0 saturated carbocycles. The Labute approximate surface area is 205 Å². The zero-order valence-corrected chi connectivity index (χ0v) is 20.5. The van der Waals surface area contributed by atoms with Crippen molar-refractivity contribution < 1.29 is 22.7 Å². The van der Waals surface area contributed by atoms with E-state index in [2.05, 4.69) is 5.32 Å². The minimum Gasteiger partial charge on any atom is -0.497 e. The van der Waals surface area contributed by atoms with Crippen LogP contribution in [-0.2, 0) is 26.2 Å². The summed E-state index contributed by atoms with van der Waals surface area (Å²) in [5.74, 6) is 0.398. The highest BCUT2D eigenvalue weighted by Gasteiger charge is 2.30. The van der Waals surface area contributed by atoms with Crippen molar-refractivity contribution in [1.29, 1.82) is 0 Å². The average molecular weight is 496 g/mol. The van der Waals surface area contributed by atoms with Gasteiger partial charge in [0.2, 0.25) is 21.8 Å². The van der Waals surface area contributed by atoms with E-state index in [0.717, 1.165) is 22.1 Å². The lowest BCUT2D eigenvalue weighted by atomic mass is 10.1. The molecule has 2 amide bonds. The fraction of sp³-hybridized carbons (Fsp3) is 0.308. The van der Waals surface area contributed by atoms with Crippen molar-refractivity contribution >= 4 is 32.6 Å². The van der Waals surface area contributed by atoms with E-state index in [4.69, 9.17) is 4.74 Å². The highest BCUT2D eigenvalue weighted by atomic mass is 32.2. The second-order valence-corrected chi connectivity index (χ2v) is 10.4. The second kappa shape index (κ2) is 10.9. The molecule has 1 N–H and O–H groups in total. The number of hydrogen-bond acceptors (Lipinski definition) is 5. The molecule has 0 aliphatic carbocycles. The maximum absolute atomic E-state index is 13.1. The lowest BCUT2D eigenvalue weighted by molar-refractivity contribution is -0.134. The predicted octanol–water partition coefficient (Wildman–Crippen LogP) is 2.78. The monoisotopic (exact) mass is 495 g/mol. The summed E-state index contributed by atoms with van der Waals surface area (Å²) in [6.45, 7) is 1.44. The molecule has 35 heavy (non-hydrogen) atoms. The van der Waals surface area contributed by atoms with Gasteiger partial charge in [0.1, 0.15) is 5.75 Å². The molecule has 0 atom stereocenters. The number of piperazine rings is 1. The van der Waals surface area contributed by atoms with Crippen molar-refractivity contribution in [2.75, 3.05) is 33.3 Å². The Morgan fingerprint density at radius 1 is 0.886 bits per heavy atom. The van der Waals surface area contributed by atoms with Crippen LogP contribution >= 0.6 is 0 Å². The van der Waals surface area contributed by atoms with E-state index in [1.54, 1.807) is 24.1 Å². The van der Waals surface area contributed by atoms with Crippen LogP contribution in [0.5, 0.6) is 5.75 Å². The van der Waals surface area contributed by atoms with Crippen LogP contribution in [0.15, 0.2) is 71.6 Å². The third-order valence-electron chi connectivity index (χ3n) is 6.16. The normalized spacial score (nSPS) is 14.6. The van der Waals surface area contributed by atoms with Crippen molar-refractivity contribution in [3.8, 4) is 5.75 Å². The molecular formula is C26H29N3O5S. The fourth-order valence-electron chi connectivity index (χ4n) is 4.07. The van der Waals surface area contributed by atoms with Crippen molar-refractivity contribution in [2.24, 2.45) is 0 Å². The zero-order chi connectivity index (χ0) is 24.8. The molecule has 1 aliphatic rings. The Morgan fingerprint density at radius 2 is 1.57 bits per heavy atom. The van der Waals surface area contributed by atoms with Gasteiger partial charge in [-0.25, -0.2) is 8.42 Å². The first-order valence-corrected chi connectivity index (χ1v) is 13.0. The largest absolute Gasteiger partial charge is 0.497 e. The molecule has 1 aliphatic heterocycles. The number of fused-ring (bicyclic) bond motifs is 1. The first-order chi connectivity index (χ1) is 16.9. The standard InChI is InChI=1S/C26H29N3O5S/c1-34-23-9-6-20(7-10-23)19-27-25(30)12-13-26(31)28-14-16-29(17-15-28)35(32,33)24-11-8-21-4-2-3-5-22(21)18-24/h2-11,18H,12-17,19H2,1H3,(H,27,30). The molecule has 3 aromatic carbocycles. The van der Waals surface area contributed by atoms with Gasteiger partial charge in [0.05, 0.1) is 12.0 Å². The van der Waals surface area contributed by atoms with Crippen LogP contribution in [0.4, 0.5) is 0 Å². The van der Waals surface area contributed by atoms with Gasteiger partial charge < -0.3 is 15.0 Å². The van der Waals surface area contributed by atoms with Crippen molar-refractivity contribution in [2.45, 2.75) is 24.3 Å². The first kappa shape index (κ1) is 24.7. The van der Waals surface area contributed by atoms with Gasteiger partial charge in [-0.05, 0) is 40.6 Å². The number of benzene rings is 3. The fourth-order valence-corrected chi connectivity index (χ4v) is 5.52. The minimum atomic E-state index is -3.64. The van der Waals surface area contributed by atoms with Crippen molar-refractivity contribution in [3.05, 3.63) is 72.3 Å². The number of hydrogen-bond donors (Lipinski definition) is 1. The summed E-state index contributed by atoms with van der Waals surface area (Å²) in [5, 5.41) is 4.66. The van der Waals surface area contributed by atoms with Gasteiger partial charge in [0.15, 0.2) is 0 Å². The summed E-state index contributed by atoms with van der Waals surface area (Å²) in [4.78, 5) is 26.6. The summed E-state index contributed by atoms with van der Waals surface area (Å²) in [6.07, 6.45) is 0.177. The van der Waals surface area contributed by atoms with E-state index in [9.17, 15) is 18.0 Å². The lowest BCUT2D eigenvalue weighted by Gasteiger charge is -2.34. The van der Waals surface area contributed by atoms with Crippen LogP contribution in [0.1, 0.15) is 18.4 Å². The maximum Gasteiger partial charge on any atom is 0.243 e. The second-order valence-electron chi connectivity index (χ2n) is 8.42. The van der Waals surface area contributed by atoms with E-state index in [0.29, 0.717) is 19.6 Å². The van der Waals surface area contributed by atoms with E-state index in [1.807, 2.05) is 54.6 Å². The van der Waals surface area contributed by atoms with Gasteiger partial charge in [-0.2, -0.15) is 4.31 Å². The highest BCUT2D eigenvalue weighted by molar-refractivity contribution is 7.89. The van der Waals surface area contributed by atoms with E-state index in [-0.39, 0.29) is 42.6 Å². The molecule has 184 valence electrons. The van der Waals surface area contributed by atoms with Gasteiger partial charge in [-0.3, -0.25) is 9.59 Å². The molecule has 1 heterocycles. The van der Waals surface area contributed by atoms with Crippen molar-refractivity contribution in [3.63, 3.8) is 0 Å². The van der Waals surface area contributed by atoms with E-state index in [1.165, 1.54) is 4.31 Å². The summed E-state index contributed by atoms with van der Waals surface area (Å²) in [5.41, 5.74) is 0.939. The number of rotatable bonds is 8. The van der Waals surface area contributed by atoms with Crippen LogP contribution in [0.3, 0.4) is 0 Å². The van der Waals surface area contributed by atoms with Gasteiger partial charge in [0.25, 0.3) is 0 Å². The molecule has 1 saturated heterocycles. The van der Waals surface area contributed by atoms with E-state index >= 15 is 0 Å². The number of carbonyl (C=O) groups is 2. The van der Waals surface area contributed by atoms with Gasteiger partial charge in [-0.15, -0.1) is 0 Å². The topological polar surface area (TPSA) is 96.0 Å². The number of ether oxygens (including phenoxy) is 1. The quantitative estimate of drug-likeness (QED) is 0.519. The lowest BCUT2D eigenvalue weighted by Crippen LogP contribution is -2.50. The SMILES string of the molecule is COc1ccc(CNC(=O)CCC(=O)N2CCN(S(=O)(=O)c3ccc4ccccc4c3)CC2)cc1. The van der Waals surface area contributed by atoms with Crippen LogP contribution in [0.2, 0.25) is 0 Å². The van der Waals surface area contributed by atoms with Gasteiger partial charge >= 0.3 is 0 Å². The Bertz CT molecular complexity index is 1300. The summed E-state index contributed by atoms with van der Waals surface area (Å²) >= 11 is 0. The Balaban J connectivity index is 1.24. The third-order valence-corrected chi connectivity index (χ3v) is 8.06. The molecule has 9 heteroatoms. The van der Waals surface area contributed by atoms with Crippen LogP contribution in [0, 0.1) is 0 Å². The number of nitrogens with one attached hydrogen (secondary N) is 1. The number of nitrogens with zero attached hydrogens (tertiary/aromatic N) is 2. The Hall–Kier alpha value is -3.43. The minimum absolute atomic E-state index is 0.0879. The summed E-state index contributed by atoms with van der Waals surface area (Å²) < 4.78 is 32.8. The van der Waals surface area contributed by atoms with Crippen LogP contribution in [-0.4, -0.2) is 62.7 Å². The van der Waals surface area contributed by atoms with Gasteiger partial charge in [0, 0.05) is 45.6 Å². The number of carbonyl (C=O) groups excluding carboxylic acids is 2. The van der Waals surface area contributed by atoms with Crippen molar-refractivity contribution in [1.82, 2.24) is 14.5 Å². The molecule has 0 radical (unpaired) electrons. The average Bonchev–Trinajstić information content (AvgIpc) is 2.90. The molecule has 1 fully saturated rings. The molecular weight excluding hydrogens is 466 g/mol. The smallest absolute Gasteiger partial charge is 0.243 e. The predicted molar refractivity (Wildman–Crippen MR) is 133 cm³/mol. The van der Waals surface area contributed by atoms with Gasteiger partial charge in [-0.1, -0.05) is 42.5 Å². The number of methoxy groups -OCH3 is 1. The molecule has 0 aromatic heterocycles. The zero-order valence-electron chi connectivity index (χ0n) is 19.6. The summed E-state index contributed by atoms with van der Waals surface area (Å²) in [7, 11) is -2.05. The number of sulfonamides is 1. The Kier molecular flexibility index (Phi) is 7.67. The maximum atomic E-state index is 13.1. The highest BCUT2D eigenvalue weighted by Crippen LogP contribution is 2.23. The molecule has 0 unspecified atom stereocenters. The molecule has 4 rings (SSSR count). The van der Waals surface area contributed by atoms with E-state index < -0.39 is 10.0 Å². The molecule has 3 aromatic rings. The third kappa shape index (κ3) is 5.98. The molecule has 0 bridgehead atoms. The molecule has 8 nitrogen and oxygen atoms in total.